The van der Waals surface area contributed by atoms with Crippen LogP contribution in [0, 0.1) is 0 Å². The highest BCUT2D eigenvalue weighted by molar-refractivity contribution is 5.87. The Labute approximate surface area is 332 Å². The molecule has 6 heterocycles. The third-order valence-corrected chi connectivity index (χ3v) is 10.4. The second-order valence-electron chi connectivity index (χ2n) is 14.2. The van der Waals surface area contributed by atoms with Crippen LogP contribution < -0.4 is 0 Å². The Bertz CT molecular complexity index is 2940. The molecule has 8 heteroatoms. The van der Waals surface area contributed by atoms with E-state index in [1.54, 1.807) is 0 Å². The molecule has 0 saturated heterocycles. The van der Waals surface area contributed by atoms with Crippen molar-refractivity contribution in [2.24, 2.45) is 0 Å². The lowest BCUT2D eigenvalue weighted by Crippen LogP contribution is -1.98. The van der Waals surface area contributed by atoms with Crippen molar-refractivity contribution in [3.63, 3.8) is 0 Å². The van der Waals surface area contributed by atoms with Gasteiger partial charge < -0.3 is 0 Å². The summed E-state index contributed by atoms with van der Waals surface area (Å²) in [4.78, 5) is 39.3. The van der Waals surface area contributed by atoms with E-state index in [0.29, 0.717) is 11.6 Å². The Morgan fingerprint density at radius 2 is 0.517 bits per heavy atom. The number of nitrogens with zero attached hydrogens (tertiary/aromatic N) is 8. The number of hydrogen-bond acceptors (Lipinski definition) is 8. The van der Waals surface area contributed by atoms with Gasteiger partial charge in [0.15, 0.2) is 11.6 Å². The van der Waals surface area contributed by atoms with Gasteiger partial charge in [0.2, 0.25) is 0 Å². The predicted octanol–water partition coefficient (Wildman–Crippen LogP) is 11.5. The van der Waals surface area contributed by atoms with Crippen molar-refractivity contribution < 1.29 is 0 Å². The summed E-state index contributed by atoms with van der Waals surface area (Å²) < 4.78 is 0. The lowest BCUT2D eigenvalue weighted by Gasteiger charge is -2.12. The summed E-state index contributed by atoms with van der Waals surface area (Å²) in [5.74, 6) is 1.17. The molecule has 58 heavy (non-hydrogen) atoms. The maximum absolute atomic E-state index is 5.12. The van der Waals surface area contributed by atoms with Gasteiger partial charge in [0.25, 0.3) is 0 Å². The molecule has 11 aromatic rings. The first-order valence-corrected chi connectivity index (χ1v) is 19.0. The molecule has 11 rings (SSSR count). The Morgan fingerprint density at radius 1 is 0.241 bits per heavy atom. The van der Waals surface area contributed by atoms with Crippen LogP contribution in [0.2, 0.25) is 0 Å². The van der Waals surface area contributed by atoms with E-state index in [-0.39, 0.29) is 0 Å². The van der Waals surface area contributed by atoms with E-state index >= 15 is 0 Å². The monoisotopic (exact) mass is 742 g/mol. The van der Waals surface area contributed by atoms with E-state index in [9.17, 15) is 0 Å². The largest absolute Gasteiger partial charge is 0.256 e. The van der Waals surface area contributed by atoms with Crippen molar-refractivity contribution in [2.45, 2.75) is 0 Å². The number of rotatable bonds is 6. The van der Waals surface area contributed by atoms with E-state index in [4.69, 9.17) is 39.9 Å². The third-order valence-electron chi connectivity index (χ3n) is 10.4. The van der Waals surface area contributed by atoms with Crippen LogP contribution in [0.3, 0.4) is 0 Å². The van der Waals surface area contributed by atoms with Crippen LogP contribution in [0.4, 0.5) is 0 Å². The average Bonchev–Trinajstić information content (AvgIpc) is 3.30. The van der Waals surface area contributed by atoms with Crippen molar-refractivity contribution >= 4 is 43.6 Å². The first kappa shape index (κ1) is 33.3. The predicted molar refractivity (Wildman–Crippen MR) is 231 cm³/mol. The van der Waals surface area contributed by atoms with Gasteiger partial charge in [-0.05, 0) is 60.7 Å². The quantitative estimate of drug-likeness (QED) is 0.166. The van der Waals surface area contributed by atoms with E-state index in [2.05, 4.69) is 72.8 Å². The summed E-state index contributed by atoms with van der Waals surface area (Å²) in [5.41, 5.74) is 12.1. The van der Waals surface area contributed by atoms with Crippen LogP contribution in [0.25, 0.3) is 111 Å². The van der Waals surface area contributed by atoms with Gasteiger partial charge in [0.1, 0.15) is 0 Å². The molecule has 0 aliphatic heterocycles. The summed E-state index contributed by atoms with van der Waals surface area (Å²) >= 11 is 0. The van der Waals surface area contributed by atoms with Gasteiger partial charge in [-0.15, -0.1) is 0 Å². The van der Waals surface area contributed by atoms with E-state index in [0.717, 1.165) is 99.8 Å². The molecule has 0 radical (unpaired) electrons. The number of para-hydroxylation sites is 4. The van der Waals surface area contributed by atoms with Crippen LogP contribution in [0.1, 0.15) is 0 Å². The molecule has 0 aliphatic carbocycles. The summed E-state index contributed by atoms with van der Waals surface area (Å²) in [6.07, 6.45) is 7.43. The zero-order chi connectivity index (χ0) is 38.4. The van der Waals surface area contributed by atoms with Crippen LogP contribution >= 0.6 is 0 Å². The minimum absolute atomic E-state index is 0.584. The lowest BCUT2D eigenvalue weighted by atomic mass is 10.0. The van der Waals surface area contributed by atoms with Gasteiger partial charge in [-0.1, -0.05) is 97.1 Å². The fraction of sp³-hybridized carbons (Fsp3) is 0. The number of benzene rings is 5. The summed E-state index contributed by atoms with van der Waals surface area (Å²) in [6.45, 7) is 0. The molecule has 0 fully saturated rings. The van der Waals surface area contributed by atoms with Gasteiger partial charge >= 0.3 is 0 Å². The smallest absolute Gasteiger partial charge is 0.161 e. The highest BCUT2D eigenvalue weighted by Crippen LogP contribution is 2.33. The van der Waals surface area contributed by atoms with Gasteiger partial charge in [0, 0.05) is 79.7 Å². The lowest BCUT2D eigenvalue weighted by molar-refractivity contribution is 1.17. The molecule has 5 aromatic carbocycles. The average molecular weight is 743 g/mol. The number of hydrogen-bond donors (Lipinski definition) is 0. The standard InChI is InChI=1S/C50H30N8/c1-5-13-41-33(9-1)21-37(27-51-41)47-25-45(55-49(57-47)39-23-35-11-3-7-15-43(35)53-29-39)31-17-19-32(20-18-31)46-26-48(38-22-34-10-2-6-14-42(34)52-28-38)58-50(56-46)40-24-36-12-4-8-16-44(36)54-30-40/h1-30H. The maximum Gasteiger partial charge on any atom is 0.161 e. The Kier molecular flexibility index (Phi) is 7.96. The minimum atomic E-state index is 0.584. The van der Waals surface area contributed by atoms with Crippen molar-refractivity contribution in [1.29, 1.82) is 0 Å². The molecule has 0 amide bonds. The Morgan fingerprint density at radius 3 is 0.862 bits per heavy atom. The molecular weight excluding hydrogens is 713 g/mol. The zero-order valence-electron chi connectivity index (χ0n) is 30.9. The Balaban J connectivity index is 1.03. The molecule has 0 N–H and O–H groups in total. The van der Waals surface area contributed by atoms with Crippen molar-refractivity contribution in [3.8, 4) is 67.8 Å². The second kappa shape index (κ2) is 13.9. The minimum Gasteiger partial charge on any atom is -0.256 e. The molecule has 0 aliphatic rings. The molecule has 0 bridgehead atoms. The van der Waals surface area contributed by atoms with Crippen molar-refractivity contribution in [1.82, 2.24) is 39.9 Å². The molecule has 0 spiro atoms. The molecule has 0 atom stereocenters. The summed E-state index contributed by atoms with van der Waals surface area (Å²) in [6, 6.07) is 53.1. The van der Waals surface area contributed by atoms with Crippen molar-refractivity contribution in [3.05, 3.63) is 183 Å². The van der Waals surface area contributed by atoms with Crippen LogP contribution in [-0.4, -0.2) is 39.9 Å². The topological polar surface area (TPSA) is 103 Å². The first-order valence-electron chi connectivity index (χ1n) is 19.0. The fourth-order valence-electron chi connectivity index (χ4n) is 7.36. The van der Waals surface area contributed by atoms with E-state index in [1.807, 2.05) is 110 Å². The highest BCUT2D eigenvalue weighted by Gasteiger charge is 2.16. The zero-order valence-corrected chi connectivity index (χ0v) is 30.9. The normalized spacial score (nSPS) is 11.4. The molecule has 6 aromatic heterocycles. The fourth-order valence-corrected chi connectivity index (χ4v) is 7.36. The highest BCUT2D eigenvalue weighted by atomic mass is 14.9. The van der Waals surface area contributed by atoms with Gasteiger partial charge in [0.05, 0.1) is 44.8 Å². The number of fused-ring (bicyclic) bond motifs is 4. The van der Waals surface area contributed by atoms with Crippen molar-refractivity contribution in [2.75, 3.05) is 0 Å². The second-order valence-corrected chi connectivity index (χ2v) is 14.2. The maximum atomic E-state index is 5.12. The molecule has 8 nitrogen and oxygen atoms in total. The first-order chi connectivity index (χ1) is 28.7. The summed E-state index contributed by atoms with van der Waals surface area (Å²) in [7, 11) is 0. The van der Waals surface area contributed by atoms with E-state index < -0.39 is 0 Å². The van der Waals surface area contributed by atoms with Gasteiger partial charge in [-0.25, -0.2) is 19.9 Å². The van der Waals surface area contributed by atoms with Crippen LogP contribution in [-0.2, 0) is 0 Å². The van der Waals surface area contributed by atoms with Gasteiger partial charge in [-0.2, -0.15) is 0 Å². The Hall–Kier alpha value is -8.10. The van der Waals surface area contributed by atoms with E-state index in [1.165, 1.54) is 0 Å². The molecule has 270 valence electrons. The molecular formula is C50H30N8. The summed E-state index contributed by atoms with van der Waals surface area (Å²) in [5, 5.41) is 4.13. The van der Waals surface area contributed by atoms with Gasteiger partial charge in [-0.3, -0.25) is 19.9 Å². The number of aromatic nitrogens is 8. The molecule has 0 saturated carbocycles. The SMILES string of the molecule is c1ccc2ncc(-c3cc(-c4ccc(-c5cc(-c6cnc7ccccc7c6)nc(-c6cnc7ccccc7c6)n5)cc4)nc(-c4cnc5ccccc5c4)n3)cc2c1. The molecule has 0 unspecified atom stereocenters. The van der Waals surface area contributed by atoms with Crippen LogP contribution in [0.5, 0.6) is 0 Å². The third kappa shape index (κ3) is 6.24. The van der Waals surface area contributed by atoms with Crippen LogP contribution in [0.15, 0.2) is 183 Å². The number of pyridine rings is 4.